The minimum absolute atomic E-state index is 0. The molecule has 0 unspecified atom stereocenters. The number of hydrogen-bond donors (Lipinski definition) is 0. The molecule has 0 atom stereocenters. The molecule has 158 valence electrons. The van der Waals surface area contributed by atoms with Crippen molar-refractivity contribution in [2.24, 2.45) is 15.4 Å². The molecule has 0 aliphatic heterocycles. The van der Waals surface area contributed by atoms with Crippen LogP contribution in [0.1, 0.15) is 23.1 Å². The summed E-state index contributed by atoms with van der Waals surface area (Å²) in [6.07, 6.45) is 3.84. The van der Waals surface area contributed by atoms with Gasteiger partial charge in [-0.05, 0) is 55.7 Å². The summed E-state index contributed by atoms with van der Waals surface area (Å²) >= 11 is 0. The van der Waals surface area contributed by atoms with Crippen LogP contribution in [0.4, 0.5) is 5.69 Å². The van der Waals surface area contributed by atoms with Crippen LogP contribution in [-0.4, -0.2) is 27.9 Å². The fourth-order valence-electron chi connectivity index (χ4n) is 3.45. The van der Waals surface area contributed by atoms with Crippen molar-refractivity contribution < 1.29 is 64.4 Å². The third-order valence-corrected chi connectivity index (χ3v) is 5.38. The summed E-state index contributed by atoms with van der Waals surface area (Å²) in [6.45, 7) is 6.42. The van der Waals surface area contributed by atoms with Crippen LogP contribution < -0.4 is 57.0 Å². The van der Waals surface area contributed by atoms with Gasteiger partial charge in [0.1, 0.15) is 0 Å². The molecular weight excluding hydrogens is 441 g/mol. The molecule has 2 aromatic carbocycles. The maximum atomic E-state index is 11.0. The summed E-state index contributed by atoms with van der Waals surface area (Å²) in [5.41, 5.74) is 5.46. The zero-order valence-electron chi connectivity index (χ0n) is 18.2. The zero-order chi connectivity index (χ0) is 21.7. The van der Waals surface area contributed by atoms with Gasteiger partial charge in [0, 0.05) is 24.7 Å². The number of aromatic nitrogens is 2. The molecule has 3 aromatic rings. The predicted molar refractivity (Wildman–Crippen MR) is 114 cm³/mol. The molecule has 0 amide bonds. The van der Waals surface area contributed by atoms with Gasteiger partial charge in [-0.25, -0.2) is 8.42 Å². The van der Waals surface area contributed by atoms with Gasteiger partial charge in [-0.1, -0.05) is 41.0 Å². The molecule has 1 aromatic heterocycles. The minimum Gasteiger partial charge on any atom is -0.748 e. The van der Waals surface area contributed by atoms with Crippen LogP contribution in [0.3, 0.4) is 0 Å². The summed E-state index contributed by atoms with van der Waals surface area (Å²) in [5, 5.41) is 12.4. The van der Waals surface area contributed by atoms with Crippen LogP contribution in [0.25, 0.3) is 5.69 Å². The number of benzene rings is 2. The normalized spacial score (nSPS) is 12.3. The maximum Gasteiger partial charge on any atom is 1.00 e. The number of imidazole rings is 1. The third kappa shape index (κ3) is 7.31. The topological polar surface area (TPSA) is 104 Å². The average Bonchev–Trinajstić information content (AvgIpc) is 3.03. The van der Waals surface area contributed by atoms with Crippen molar-refractivity contribution in [1.29, 1.82) is 0 Å². The quantitative estimate of drug-likeness (QED) is 0.222. The van der Waals surface area contributed by atoms with Crippen molar-refractivity contribution in [3.8, 4) is 5.69 Å². The Hall–Kier alpha value is -1.40. The standard InChI is InChI=1S/C21H25N5O3S.K/c1-16-14-17(2)20(18(3)15-16)26-12-11-25(10-7-13-30(27,28)29)21(26)23-24-22-19-8-5-4-6-9-19;/h4-6,8-9,11-12,14-15H,7,10,13H2,1-3H3,(H,27,28,29);/q;+1/p-1. The van der Waals surface area contributed by atoms with E-state index in [1.54, 1.807) is 10.8 Å². The summed E-state index contributed by atoms with van der Waals surface area (Å²) in [7, 11) is -4.27. The Morgan fingerprint density at radius 2 is 1.65 bits per heavy atom. The first kappa shape index (κ1) is 25.9. The van der Waals surface area contributed by atoms with E-state index in [0.29, 0.717) is 17.9 Å². The second kappa shape index (κ2) is 11.5. The molecule has 0 saturated carbocycles. The fourth-order valence-corrected chi connectivity index (χ4v) is 3.93. The Morgan fingerprint density at radius 3 is 2.26 bits per heavy atom. The fraction of sp³-hybridized carbons (Fsp3) is 0.286. The zero-order valence-corrected chi connectivity index (χ0v) is 22.1. The predicted octanol–water partition coefficient (Wildman–Crippen LogP) is 0.743. The molecule has 1 heterocycles. The summed E-state index contributed by atoms with van der Waals surface area (Å²) in [4.78, 5) is 0. The van der Waals surface area contributed by atoms with E-state index in [1.807, 2.05) is 61.9 Å². The number of nitrogens with zero attached hydrogens (tertiary/aromatic N) is 5. The van der Waals surface area contributed by atoms with E-state index < -0.39 is 15.9 Å². The minimum atomic E-state index is -4.27. The van der Waals surface area contributed by atoms with E-state index in [2.05, 4.69) is 27.6 Å². The van der Waals surface area contributed by atoms with Crippen molar-refractivity contribution in [2.45, 2.75) is 33.7 Å². The molecule has 0 spiro atoms. The first-order valence-corrected chi connectivity index (χ1v) is 11.1. The molecule has 0 bridgehead atoms. The Labute approximate surface area is 224 Å². The number of hydrogen-bond acceptors (Lipinski definition) is 5. The van der Waals surface area contributed by atoms with Gasteiger partial charge < -0.3 is 9.12 Å². The molecule has 0 aliphatic rings. The molecule has 31 heavy (non-hydrogen) atoms. The number of aryl methyl sites for hydroxylation is 4. The molecule has 10 heteroatoms. The van der Waals surface area contributed by atoms with Gasteiger partial charge in [0.05, 0.1) is 21.5 Å². The molecule has 0 N–H and O–H groups in total. The van der Waals surface area contributed by atoms with Crippen LogP contribution in [-0.2, 0) is 16.7 Å². The summed E-state index contributed by atoms with van der Waals surface area (Å²) < 4.78 is 36.5. The Morgan fingerprint density at radius 1 is 1.00 bits per heavy atom. The van der Waals surface area contributed by atoms with Crippen molar-refractivity contribution >= 4 is 15.8 Å². The van der Waals surface area contributed by atoms with Gasteiger partial charge in [-0.2, -0.15) is 0 Å². The molecule has 0 radical (unpaired) electrons. The second-order valence-corrected chi connectivity index (χ2v) is 8.67. The third-order valence-electron chi connectivity index (χ3n) is 4.59. The smallest absolute Gasteiger partial charge is 0.748 e. The summed E-state index contributed by atoms with van der Waals surface area (Å²) in [6, 6.07) is 13.4. The van der Waals surface area contributed by atoms with Gasteiger partial charge in [-0.15, -0.1) is 5.11 Å². The molecule has 8 nitrogen and oxygen atoms in total. The van der Waals surface area contributed by atoms with Crippen molar-refractivity contribution in [1.82, 2.24) is 9.13 Å². The van der Waals surface area contributed by atoms with Gasteiger partial charge in [0.2, 0.25) is 5.62 Å². The molecule has 0 aliphatic carbocycles. The van der Waals surface area contributed by atoms with Gasteiger partial charge in [-0.3, -0.25) is 4.57 Å². The van der Waals surface area contributed by atoms with E-state index in [0.717, 1.165) is 22.4 Å². The van der Waals surface area contributed by atoms with Crippen LogP contribution in [0, 0.1) is 20.8 Å². The van der Waals surface area contributed by atoms with E-state index in [9.17, 15) is 13.0 Å². The molecule has 0 fully saturated rings. The maximum absolute atomic E-state index is 11.0. The summed E-state index contributed by atoms with van der Waals surface area (Å²) in [5.74, 6) is -0.432. The Kier molecular flexibility index (Phi) is 9.56. The first-order valence-electron chi connectivity index (χ1n) is 9.54. The van der Waals surface area contributed by atoms with Crippen molar-refractivity contribution in [3.63, 3.8) is 0 Å². The van der Waals surface area contributed by atoms with E-state index >= 15 is 0 Å². The Balaban J connectivity index is 0.00000341. The van der Waals surface area contributed by atoms with Crippen LogP contribution >= 0.6 is 0 Å². The van der Waals surface area contributed by atoms with Crippen LogP contribution in [0.15, 0.2) is 70.3 Å². The largest absolute Gasteiger partial charge is 1.00 e. The van der Waals surface area contributed by atoms with Crippen molar-refractivity contribution in [3.05, 3.63) is 77.2 Å². The van der Waals surface area contributed by atoms with Gasteiger partial charge in [0.15, 0.2) is 0 Å². The van der Waals surface area contributed by atoms with Crippen LogP contribution in [0.5, 0.6) is 0 Å². The van der Waals surface area contributed by atoms with Crippen LogP contribution in [0.2, 0.25) is 0 Å². The second-order valence-electron chi connectivity index (χ2n) is 7.15. The van der Waals surface area contributed by atoms with E-state index in [-0.39, 0.29) is 57.8 Å². The van der Waals surface area contributed by atoms with E-state index in [4.69, 9.17) is 0 Å². The Bertz CT molecular complexity index is 1210. The molecule has 3 rings (SSSR count). The van der Waals surface area contributed by atoms with Gasteiger partial charge in [0.25, 0.3) is 0 Å². The molecular formula is C21H24KN5O3S. The van der Waals surface area contributed by atoms with Crippen molar-refractivity contribution in [2.75, 3.05) is 5.75 Å². The SMILES string of the molecule is Cc1cc(C)c(-n2ccn(CCCS(=O)(=O)[O-])c2=NN=Nc2ccccc2)c(C)c1.[K+]. The van der Waals surface area contributed by atoms with E-state index in [1.165, 1.54) is 0 Å². The van der Waals surface area contributed by atoms with Gasteiger partial charge >= 0.3 is 51.4 Å². The molecule has 0 saturated heterocycles. The average molecular weight is 466 g/mol. The monoisotopic (exact) mass is 465 g/mol. The first-order chi connectivity index (χ1) is 14.2. The number of rotatable bonds is 7.